The van der Waals surface area contributed by atoms with E-state index in [4.69, 9.17) is 9.47 Å². The second-order valence-electron chi connectivity index (χ2n) is 7.99. The molecule has 2 saturated heterocycles. The third kappa shape index (κ3) is 4.60. The van der Waals surface area contributed by atoms with Crippen molar-refractivity contribution in [3.8, 4) is 0 Å². The molecule has 3 aromatic rings. The average molecular weight is 484 g/mol. The topological polar surface area (TPSA) is 114 Å². The maximum atomic E-state index is 13.2. The number of rotatable bonds is 5. The summed E-state index contributed by atoms with van der Waals surface area (Å²) < 4.78 is 38.6. The lowest BCUT2D eigenvalue weighted by molar-refractivity contribution is 0.0730. The zero-order valence-corrected chi connectivity index (χ0v) is 19.3. The Morgan fingerprint density at radius 1 is 0.912 bits per heavy atom. The lowest BCUT2D eigenvalue weighted by Gasteiger charge is -2.31. The number of sulfonamides is 1. The van der Waals surface area contributed by atoms with Crippen molar-refractivity contribution >= 4 is 38.3 Å². The fourth-order valence-corrected chi connectivity index (χ4v) is 5.48. The lowest BCUT2D eigenvalue weighted by Crippen LogP contribution is -2.40. The van der Waals surface area contributed by atoms with Crippen LogP contribution in [0.15, 0.2) is 53.6 Å². The first-order valence-electron chi connectivity index (χ1n) is 11.1. The van der Waals surface area contributed by atoms with Crippen LogP contribution in [-0.4, -0.2) is 81.2 Å². The quantitative estimate of drug-likeness (QED) is 0.584. The standard InChI is InChI=1S/C23H25N5O5S/c29-23(21-16-24-18-3-1-2-4-19(18)25-21)26-20-15-17(34(30,31)28-9-13-33-14-10-28)5-6-22(20)27-7-11-32-12-8-27/h1-6,15-16H,7-14H2,(H,26,29). The minimum atomic E-state index is -3.73. The fraction of sp³-hybridized carbons (Fsp3) is 0.348. The molecule has 0 bridgehead atoms. The van der Waals surface area contributed by atoms with Gasteiger partial charge in [0.05, 0.1) is 59.9 Å². The van der Waals surface area contributed by atoms with E-state index in [-0.39, 0.29) is 10.6 Å². The number of carbonyl (C=O) groups is 1. The van der Waals surface area contributed by atoms with Gasteiger partial charge in [0, 0.05) is 26.2 Å². The summed E-state index contributed by atoms with van der Waals surface area (Å²) in [5.74, 6) is -0.464. The Morgan fingerprint density at radius 3 is 2.32 bits per heavy atom. The van der Waals surface area contributed by atoms with Crippen molar-refractivity contribution in [2.75, 3.05) is 62.8 Å². The van der Waals surface area contributed by atoms with Gasteiger partial charge in [0.1, 0.15) is 5.69 Å². The summed E-state index contributed by atoms with van der Waals surface area (Å²) in [6.07, 6.45) is 1.42. The first kappa shape index (κ1) is 22.7. The number of aromatic nitrogens is 2. The summed E-state index contributed by atoms with van der Waals surface area (Å²) in [5, 5.41) is 2.87. The lowest BCUT2D eigenvalue weighted by atomic mass is 10.2. The maximum Gasteiger partial charge on any atom is 0.275 e. The van der Waals surface area contributed by atoms with E-state index in [0.717, 1.165) is 5.69 Å². The summed E-state index contributed by atoms with van der Waals surface area (Å²) in [6, 6.07) is 12.1. The van der Waals surface area contributed by atoms with Crippen molar-refractivity contribution in [2.24, 2.45) is 0 Å². The van der Waals surface area contributed by atoms with Crippen molar-refractivity contribution in [3.63, 3.8) is 0 Å². The minimum Gasteiger partial charge on any atom is -0.379 e. The van der Waals surface area contributed by atoms with Gasteiger partial charge >= 0.3 is 0 Å². The van der Waals surface area contributed by atoms with Gasteiger partial charge in [0.15, 0.2) is 0 Å². The molecule has 2 fully saturated rings. The molecule has 0 spiro atoms. The van der Waals surface area contributed by atoms with Crippen LogP contribution in [0.3, 0.4) is 0 Å². The number of fused-ring (bicyclic) bond motifs is 1. The monoisotopic (exact) mass is 483 g/mol. The van der Waals surface area contributed by atoms with E-state index in [1.807, 2.05) is 18.2 Å². The van der Waals surface area contributed by atoms with E-state index < -0.39 is 15.9 Å². The number of anilines is 2. The molecule has 1 N–H and O–H groups in total. The Balaban J connectivity index is 1.49. The summed E-state index contributed by atoms with van der Waals surface area (Å²) in [5.41, 5.74) is 2.56. The molecule has 2 aromatic carbocycles. The molecule has 11 heteroatoms. The van der Waals surface area contributed by atoms with Gasteiger partial charge in [-0.15, -0.1) is 0 Å². The number of amides is 1. The van der Waals surface area contributed by atoms with Gasteiger partial charge in [0.25, 0.3) is 5.91 Å². The number of carbonyl (C=O) groups excluding carboxylic acids is 1. The summed E-state index contributed by atoms with van der Waals surface area (Å²) in [6.45, 7) is 3.67. The third-order valence-corrected chi connectivity index (χ3v) is 7.75. The molecule has 3 heterocycles. The average Bonchev–Trinajstić information content (AvgIpc) is 2.89. The highest BCUT2D eigenvalue weighted by atomic mass is 32.2. The Hall–Kier alpha value is -3.12. The number of ether oxygens (including phenoxy) is 2. The molecule has 2 aliphatic heterocycles. The maximum absolute atomic E-state index is 13.2. The Labute approximate surface area is 197 Å². The summed E-state index contributed by atoms with van der Waals surface area (Å²) >= 11 is 0. The Morgan fingerprint density at radius 2 is 1.59 bits per heavy atom. The molecule has 0 radical (unpaired) electrons. The molecule has 2 aliphatic rings. The van der Waals surface area contributed by atoms with Crippen LogP contribution in [0, 0.1) is 0 Å². The predicted molar refractivity (Wildman–Crippen MR) is 127 cm³/mol. The molecule has 1 aromatic heterocycles. The van der Waals surface area contributed by atoms with E-state index >= 15 is 0 Å². The zero-order chi connectivity index (χ0) is 23.5. The van der Waals surface area contributed by atoms with E-state index in [1.54, 1.807) is 18.2 Å². The van der Waals surface area contributed by atoms with E-state index in [0.29, 0.717) is 69.3 Å². The van der Waals surface area contributed by atoms with Crippen LogP contribution in [0.25, 0.3) is 11.0 Å². The van der Waals surface area contributed by atoms with Crippen molar-refractivity contribution in [1.82, 2.24) is 14.3 Å². The number of benzene rings is 2. The van der Waals surface area contributed by atoms with Crippen LogP contribution in [0.1, 0.15) is 10.5 Å². The molecule has 5 rings (SSSR count). The summed E-state index contributed by atoms with van der Waals surface area (Å²) in [7, 11) is -3.73. The molecule has 0 unspecified atom stereocenters. The molecule has 0 aliphatic carbocycles. The zero-order valence-electron chi connectivity index (χ0n) is 18.5. The number of morpholine rings is 2. The van der Waals surface area contributed by atoms with Gasteiger partial charge in [-0.25, -0.2) is 13.4 Å². The van der Waals surface area contributed by atoms with Crippen LogP contribution in [0.4, 0.5) is 11.4 Å². The highest BCUT2D eigenvalue weighted by Gasteiger charge is 2.28. The van der Waals surface area contributed by atoms with Gasteiger partial charge in [-0.05, 0) is 30.3 Å². The number of hydrogen-bond donors (Lipinski definition) is 1. The minimum absolute atomic E-state index is 0.117. The van der Waals surface area contributed by atoms with Gasteiger partial charge in [-0.1, -0.05) is 12.1 Å². The summed E-state index contributed by atoms with van der Waals surface area (Å²) in [4.78, 5) is 24.0. The number of para-hydroxylation sites is 2. The van der Waals surface area contributed by atoms with E-state index in [9.17, 15) is 13.2 Å². The predicted octanol–water partition coefficient (Wildman–Crippen LogP) is 1.74. The first-order chi connectivity index (χ1) is 16.5. The van der Waals surface area contributed by atoms with Crippen molar-refractivity contribution in [3.05, 3.63) is 54.4 Å². The van der Waals surface area contributed by atoms with Crippen LogP contribution >= 0.6 is 0 Å². The van der Waals surface area contributed by atoms with Crippen molar-refractivity contribution < 1.29 is 22.7 Å². The molecule has 10 nitrogen and oxygen atoms in total. The van der Waals surface area contributed by atoms with Crippen molar-refractivity contribution in [2.45, 2.75) is 4.90 Å². The van der Waals surface area contributed by atoms with E-state index in [2.05, 4.69) is 20.2 Å². The molecule has 1 amide bonds. The molecule has 34 heavy (non-hydrogen) atoms. The van der Waals surface area contributed by atoms with E-state index in [1.165, 1.54) is 16.6 Å². The molecule has 178 valence electrons. The van der Waals surface area contributed by atoms with Crippen LogP contribution < -0.4 is 10.2 Å². The number of nitrogens with zero attached hydrogens (tertiary/aromatic N) is 4. The highest BCUT2D eigenvalue weighted by molar-refractivity contribution is 7.89. The van der Waals surface area contributed by atoms with Crippen molar-refractivity contribution in [1.29, 1.82) is 0 Å². The van der Waals surface area contributed by atoms with Crippen LogP contribution in [0.2, 0.25) is 0 Å². The molecular weight excluding hydrogens is 458 g/mol. The van der Waals surface area contributed by atoms with Gasteiger partial charge in [0.2, 0.25) is 10.0 Å². The smallest absolute Gasteiger partial charge is 0.275 e. The second kappa shape index (κ2) is 9.63. The van der Waals surface area contributed by atoms with Gasteiger partial charge < -0.3 is 19.7 Å². The highest BCUT2D eigenvalue weighted by Crippen LogP contribution is 2.31. The van der Waals surface area contributed by atoms with Gasteiger partial charge in [-0.2, -0.15) is 4.31 Å². The third-order valence-electron chi connectivity index (χ3n) is 5.86. The number of hydrogen-bond acceptors (Lipinski definition) is 8. The first-order valence-corrected chi connectivity index (χ1v) is 12.5. The Bertz CT molecular complexity index is 1300. The fourth-order valence-electron chi connectivity index (χ4n) is 4.04. The normalized spacial score (nSPS) is 17.6. The Kier molecular flexibility index (Phi) is 6.42. The second-order valence-corrected chi connectivity index (χ2v) is 9.93. The number of nitrogens with one attached hydrogen (secondary N) is 1. The van der Waals surface area contributed by atoms with Crippen LogP contribution in [-0.2, 0) is 19.5 Å². The van der Waals surface area contributed by atoms with Gasteiger partial charge in [-0.3, -0.25) is 9.78 Å². The van der Waals surface area contributed by atoms with Crippen LogP contribution in [0.5, 0.6) is 0 Å². The molecule has 0 saturated carbocycles. The SMILES string of the molecule is O=C(Nc1cc(S(=O)(=O)N2CCOCC2)ccc1N1CCOCC1)c1cnc2ccccc2n1. The molecular formula is C23H25N5O5S. The molecule has 0 atom stereocenters. The largest absolute Gasteiger partial charge is 0.379 e.